The lowest BCUT2D eigenvalue weighted by atomic mass is 10.2. The molecule has 0 aliphatic rings. The van der Waals surface area contributed by atoms with Crippen molar-refractivity contribution in [3.63, 3.8) is 0 Å². The number of aromatic nitrogens is 1. The fourth-order valence-electron chi connectivity index (χ4n) is 1.50. The first-order valence-electron chi connectivity index (χ1n) is 5.29. The maximum atomic E-state index is 10.8. The lowest BCUT2D eigenvalue weighted by molar-refractivity contribution is 0.0697. The summed E-state index contributed by atoms with van der Waals surface area (Å²) in [6.07, 6.45) is 1.44. The monoisotopic (exact) mass is 262 g/mol. The number of carbonyl (C=O) groups is 1. The molecule has 0 unspecified atom stereocenters. The van der Waals surface area contributed by atoms with Crippen molar-refractivity contribution in [3.8, 4) is 0 Å². The molecule has 2 rings (SSSR count). The van der Waals surface area contributed by atoms with Gasteiger partial charge in [0.25, 0.3) is 0 Å². The van der Waals surface area contributed by atoms with Crippen molar-refractivity contribution in [3.05, 3.63) is 52.7 Å². The second kappa shape index (κ2) is 5.06. The Morgan fingerprint density at radius 3 is 2.83 bits per heavy atom. The Morgan fingerprint density at radius 1 is 1.33 bits per heavy atom. The van der Waals surface area contributed by atoms with E-state index in [1.165, 1.54) is 18.3 Å². The van der Waals surface area contributed by atoms with Gasteiger partial charge >= 0.3 is 5.97 Å². The summed E-state index contributed by atoms with van der Waals surface area (Å²) in [6.45, 7) is 1.95. The van der Waals surface area contributed by atoms with Gasteiger partial charge in [-0.2, -0.15) is 0 Å². The second-order valence-electron chi connectivity index (χ2n) is 3.84. The van der Waals surface area contributed by atoms with Gasteiger partial charge in [0.1, 0.15) is 5.82 Å². The van der Waals surface area contributed by atoms with E-state index in [-0.39, 0.29) is 5.56 Å². The van der Waals surface area contributed by atoms with E-state index in [4.69, 9.17) is 16.7 Å². The lowest BCUT2D eigenvalue weighted by Gasteiger charge is -2.08. The van der Waals surface area contributed by atoms with Crippen molar-refractivity contribution in [2.45, 2.75) is 6.92 Å². The molecular formula is C13H11ClN2O2. The quantitative estimate of drug-likeness (QED) is 0.889. The number of nitrogens with one attached hydrogen (secondary N) is 1. The highest BCUT2D eigenvalue weighted by Crippen LogP contribution is 2.25. The molecule has 0 saturated heterocycles. The van der Waals surface area contributed by atoms with Crippen LogP contribution in [-0.2, 0) is 0 Å². The van der Waals surface area contributed by atoms with Crippen molar-refractivity contribution in [1.82, 2.24) is 4.98 Å². The Kier molecular flexibility index (Phi) is 3.48. The first-order valence-corrected chi connectivity index (χ1v) is 5.66. The summed E-state index contributed by atoms with van der Waals surface area (Å²) >= 11 is 6.04. The van der Waals surface area contributed by atoms with Gasteiger partial charge in [-0.15, -0.1) is 0 Å². The molecule has 2 N–H and O–H groups in total. The van der Waals surface area contributed by atoms with Crippen LogP contribution in [0, 0.1) is 6.92 Å². The van der Waals surface area contributed by atoms with Gasteiger partial charge in [0.15, 0.2) is 0 Å². The van der Waals surface area contributed by atoms with Crippen LogP contribution in [0.15, 0.2) is 36.5 Å². The number of nitrogens with zero attached hydrogens (tertiary/aromatic N) is 1. The molecular weight excluding hydrogens is 252 g/mol. The zero-order valence-corrected chi connectivity index (χ0v) is 10.4. The third-order valence-electron chi connectivity index (χ3n) is 2.39. The first-order chi connectivity index (χ1) is 8.56. The van der Waals surface area contributed by atoms with Gasteiger partial charge in [0, 0.05) is 6.20 Å². The van der Waals surface area contributed by atoms with E-state index in [0.29, 0.717) is 16.5 Å². The van der Waals surface area contributed by atoms with E-state index in [1.807, 2.05) is 19.1 Å². The summed E-state index contributed by atoms with van der Waals surface area (Å²) in [7, 11) is 0. The minimum Gasteiger partial charge on any atom is -0.478 e. The van der Waals surface area contributed by atoms with Crippen molar-refractivity contribution >= 4 is 29.1 Å². The van der Waals surface area contributed by atoms with Crippen molar-refractivity contribution in [1.29, 1.82) is 0 Å². The summed E-state index contributed by atoms with van der Waals surface area (Å²) in [5, 5.41) is 12.5. The predicted octanol–water partition coefficient (Wildman–Crippen LogP) is 3.49. The number of hydrogen-bond acceptors (Lipinski definition) is 3. The number of benzene rings is 1. The molecule has 0 atom stereocenters. The van der Waals surface area contributed by atoms with Crippen LogP contribution in [0.3, 0.4) is 0 Å². The lowest BCUT2D eigenvalue weighted by Crippen LogP contribution is -2.00. The van der Waals surface area contributed by atoms with E-state index < -0.39 is 5.97 Å². The summed E-state index contributed by atoms with van der Waals surface area (Å²) in [5.74, 6) is -0.543. The van der Waals surface area contributed by atoms with Crippen LogP contribution in [-0.4, -0.2) is 16.1 Å². The fraction of sp³-hybridized carbons (Fsp3) is 0.0769. The minimum atomic E-state index is -0.990. The number of carboxylic acid groups (broad SMARTS) is 1. The van der Waals surface area contributed by atoms with E-state index in [2.05, 4.69) is 10.3 Å². The van der Waals surface area contributed by atoms with Gasteiger partial charge in [-0.3, -0.25) is 0 Å². The molecule has 0 aliphatic carbocycles. The Morgan fingerprint density at radius 2 is 2.11 bits per heavy atom. The van der Waals surface area contributed by atoms with Crippen molar-refractivity contribution in [2.24, 2.45) is 0 Å². The topological polar surface area (TPSA) is 62.2 Å². The molecule has 2 aromatic rings. The molecule has 4 nitrogen and oxygen atoms in total. The summed E-state index contributed by atoms with van der Waals surface area (Å²) in [6, 6.07) is 8.44. The average Bonchev–Trinajstić information content (AvgIpc) is 2.34. The maximum absolute atomic E-state index is 10.8. The fourth-order valence-corrected chi connectivity index (χ4v) is 1.67. The van der Waals surface area contributed by atoms with Gasteiger partial charge in [0.2, 0.25) is 0 Å². The molecule has 0 spiro atoms. The molecule has 1 aromatic heterocycles. The highest BCUT2D eigenvalue weighted by Gasteiger charge is 2.06. The number of pyridine rings is 1. The third-order valence-corrected chi connectivity index (χ3v) is 2.72. The SMILES string of the molecule is Cc1ccc(Cl)c(Nc2cc(C(=O)O)ccn2)c1. The smallest absolute Gasteiger partial charge is 0.335 e. The second-order valence-corrected chi connectivity index (χ2v) is 4.25. The number of aryl methyl sites for hydroxylation is 1. The number of aromatic carboxylic acids is 1. The van der Waals surface area contributed by atoms with Gasteiger partial charge < -0.3 is 10.4 Å². The molecule has 0 aliphatic heterocycles. The van der Waals surface area contributed by atoms with Crippen LogP contribution >= 0.6 is 11.6 Å². The standard InChI is InChI=1S/C13H11ClN2O2/c1-8-2-3-10(14)11(6-8)16-12-7-9(13(17)18)4-5-15-12/h2-7H,1H3,(H,15,16)(H,17,18). The van der Waals surface area contributed by atoms with Crippen LogP contribution in [0.5, 0.6) is 0 Å². The number of carboxylic acids is 1. The van der Waals surface area contributed by atoms with Gasteiger partial charge in [-0.05, 0) is 36.8 Å². The van der Waals surface area contributed by atoms with Gasteiger partial charge in [-0.25, -0.2) is 9.78 Å². The molecule has 0 radical (unpaired) electrons. The number of hydrogen-bond donors (Lipinski definition) is 2. The van der Waals surface area contributed by atoms with Crippen LogP contribution in [0.2, 0.25) is 5.02 Å². The minimum absolute atomic E-state index is 0.177. The van der Waals surface area contributed by atoms with E-state index in [0.717, 1.165) is 5.56 Å². The summed E-state index contributed by atoms with van der Waals surface area (Å²) in [5.41, 5.74) is 1.93. The maximum Gasteiger partial charge on any atom is 0.335 e. The van der Waals surface area contributed by atoms with Gasteiger partial charge in [-0.1, -0.05) is 17.7 Å². The largest absolute Gasteiger partial charge is 0.478 e. The molecule has 0 bridgehead atoms. The number of rotatable bonds is 3. The molecule has 92 valence electrons. The van der Waals surface area contributed by atoms with Crippen LogP contribution in [0.4, 0.5) is 11.5 Å². The molecule has 18 heavy (non-hydrogen) atoms. The summed E-state index contributed by atoms with van der Waals surface area (Å²) in [4.78, 5) is 14.9. The normalized spacial score (nSPS) is 10.1. The Balaban J connectivity index is 2.31. The molecule has 0 fully saturated rings. The highest BCUT2D eigenvalue weighted by molar-refractivity contribution is 6.33. The predicted molar refractivity (Wildman–Crippen MR) is 70.7 cm³/mol. The Labute approximate surface area is 109 Å². The van der Waals surface area contributed by atoms with Gasteiger partial charge in [0.05, 0.1) is 16.3 Å². The molecule has 0 amide bonds. The molecule has 5 heteroatoms. The molecule has 0 saturated carbocycles. The summed E-state index contributed by atoms with van der Waals surface area (Å²) < 4.78 is 0. The van der Waals surface area contributed by atoms with Crippen LogP contribution < -0.4 is 5.32 Å². The number of halogens is 1. The van der Waals surface area contributed by atoms with E-state index in [1.54, 1.807) is 6.07 Å². The average molecular weight is 263 g/mol. The molecule has 1 heterocycles. The Hall–Kier alpha value is -2.07. The third kappa shape index (κ3) is 2.78. The molecule has 1 aromatic carbocycles. The van der Waals surface area contributed by atoms with Crippen LogP contribution in [0.25, 0.3) is 0 Å². The van der Waals surface area contributed by atoms with E-state index in [9.17, 15) is 4.79 Å². The zero-order valence-electron chi connectivity index (χ0n) is 9.64. The number of anilines is 2. The van der Waals surface area contributed by atoms with E-state index >= 15 is 0 Å². The first kappa shape index (κ1) is 12.4. The zero-order chi connectivity index (χ0) is 13.1. The van der Waals surface area contributed by atoms with Crippen molar-refractivity contribution < 1.29 is 9.90 Å². The highest BCUT2D eigenvalue weighted by atomic mass is 35.5. The van der Waals surface area contributed by atoms with Crippen LogP contribution in [0.1, 0.15) is 15.9 Å². The van der Waals surface area contributed by atoms with Crippen molar-refractivity contribution in [2.75, 3.05) is 5.32 Å². The Bertz CT molecular complexity index is 599.